The van der Waals surface area contributed by atoms with Crippen LogP contribution in [0.25, 0.3) is 0 Å². The van der Waals surface area contributed by atoms with Crippen molar-refractivity contribution in [3.8, 4) is 0 Å². The fourth-order valence-corrected chi connectivity index (χ4v) is 3.41. The molecule has 6 nitrogen and oxygen atoms in total. The molecular weight excluding hydrogens is 304 g/mol. The van der Waals surface area contributed by atoms with Crippen molar-refractivity contribution < 1.29 is 17.9 Å². The Hall–Kier alpha value is -1.44. The Labute approximate surface area is 131 Å². The number of benzene rings is 1. The van der Waals surface area contributed by atoms with Gasteiger partial charge in [-0.3, -0.25) is 4.79 Å². The van der Waals surface area contributed by atoms with E-state index in [0.717, 1.165) is 5.56 Å². The summed E-state index contributed by atoms with van der Waals surface area (Å²) in [6.45, 7) is 6.17. The second kappa shape index (κ2) is 7.21. The van der Waals surface area contributed by atoms with Crippen LogP contribution in [0.15, 0.2) is 23.1 Å². The Morgan fingerprint density at radius 3 is 2.64 bits per heavy atom. The quantitative estimate of drug-likeness (QED) is 0.881. The molecule has 1 aliphatic rings. The van der Waals surface area contributed by atoms with Gasteiger partial charge in [0.25, 0.3) is 5.91 Å². The number of carbonyl (C=O) groups excluding carboxylic acids is 1. The number of carbonyl (C=O) groups is 1. The molecule has 0 spiro atoms. The summed E-state index contributed by atoms with van der Waals surface area (Å²) in [4.78, 5) is 14.4. The molecule has 7 heteroatoms. The summed E-state index contributed by atoms with van der Waals surface area (Å²) < 4.78 is 32.2. The van der Waals surface area contributed by atoms with Gasteiger partial charge in [0.15, 0.2) is 0 Å². The maximum Gasteiger partial charge on any atom is 0.254 e. The Bertz CT molecular complexity index is 637. The average molecular weight is 326 g/mol. The zero-order valence-electron chi connectivity index (χ0n) is 13.0. The molecule has 22 heavy (non-hydrogen) atoms. The molecule has 1 heterocycles. The molecule has 1 aromatic carbocycles. The molecule has 0 atom stereocenters. The van der Waals surface area contributed by atoms with Crippen LogP contribution in [0.5, 0.6) is 0 Å². The number of ether oxygens (including phenoxy) is 1. The van der Waals surface area contributed by atoms with Gasteiger partial charge in [0.1, 0.15) is 0 Å². The Kier molecular flexibility index (Phi) is 5.55. The molecule has 0 radical (unpaired) electrons. The summed E-state index contributed by atoms with van der Waals surface area (Å²) in [5.74, 6) is -0.145. The molecule has 122 valence electrons. The van der Waals surface area contributed by atoms with Crippen LogP contribution in [-0.2, 0) is 14.8 Å². The van der Waals surface area contributed by atoms with E-state index in [-0.39, 0.29) is 10.8 Å². The lowest BCUT2D eigenvalue weighted by Crippen LogP contribution is -2.41. The highest BCUT2D eigenvalue weighted by atomic mass is 32.2. The Balaban J connectivity index is 2.28. The van der Waals surface area contributed by atoms with Crippen LogP contribution in [0.2, 0.25) is 0 Å². The van der Waals surface area contributed by atoms with Gasteiger partial charge in [0.05, 0.1) is 18.1 Å². The molecule has 1 N–H and O–H groups in total. The summed E-state index contributed by atoms with van der Waals surface area (Å²) in [6.07, 6.45) is 0.713. The third kappa shape index (κ3) is 3.85. The van der Waals surface area contributed by atoms with E-state index in [1.165, 1.54) is 12.1 Å². The van der Waals surface area contributed by atoms with Crippen LogP contribution < -0.4 is 4.72 Å². The molecule has 0 bridgehead atoms. The molecule has 1 fully saturated rings. The van der Waals surface area contributed by atoms with Crippen LogP contribution >= 0.6 is 0 Å². The smallest absolute Gasteiger partial charge is 0.254 e. The summed E-state index contributed by atoms with van der Waals surface area (Å²) in [5, 5.41) is 0. The first kappa shape index (κ1) is 16.9. The molecule has 0 saturated carbocycles. The van der Waals surface area contributed by atoms with Crippen molar-refractivity contribution in [2.24, 2.45) is 0 Å². The van der Waals surface area contributed by atoms with E-state index >= 15 is 0 Å². The highest BCUT2D eigenvalue weighted by Crippen LogP contribution is 2.18. The number of sulfonamides is 1. The largest absolute Gasteiger partial charge is 0.378 e. The maximum absolute atomic E-state index is 12.6. The lowest BCUT2D eigenvalue weighted by molar-refractivity contribution is 0.0302. The van der Waals surface area contributed by atoms with E-state index in [9.17, 15) is 13.2 Å². The van der Waals surface area contributed by atoms with E-state index in [4.69, 9.17) is 4.74 Å². The normalized spacial score (nSPS) is 15.8. The van der Waals surface area contributed by atoms with E-state index in [1.807, 2.05) is 13.8 Å². The van der Waals surface area contributed by atoms with Crippen LogP contribution in [0, 0.1) is 6.92 Å². The van der Waals surface area contributed by atoms with E-state index in [2.05, 4.69) is 4.72 Å². The lowest BCUT2D eigenvalue weighted by atomic mass is 10.1. The number of aryl methyl sites for hydroxylation is 1. The molecular formula is C15H22N2O4S. The van der Waals surface area contributed by atoms with Gasteiger partial charge in [-0.15, -0.1) is 0 Å². The van der Waals surface area contributed by atoms with Crippen molar-refractivity contribution in [2.75, 3.05) is 32.8 Å². The van der Waals surface area contributed by atoms with Crippen molar-refractivity contribution in [2.45, 2.75) is 25.2 Å². The highest BCUT2D eigenvalue weighted by Gasteiger charge is 2.22. The van der Waals surface area contributed by atoms with Crippen LogP contribution in [0.3, 0.4) is 0 Å². The summed E-state index contributed by atoms with van der Waals surface area (Å²) >= 11 is 0. The van der Waals surface area contributed by atoms with E-state index in [0.29, 0.717) is 44.8 Å². The number of hydrogen-bond donors (Lipinski definition) is 1. The third-order valence-corrected chi connectivity index (χ3v) is 5.05. The van der Waals surface area contributed by atoms with Gasteiger partial charge < -0.3 is 9.64 Å². The number of amides is 1. The third-order valence-electron chi connectivity index (χ3n) is 3.59. The van der Waals surface area contributed by atoms with Crippen molar-refractivity contribution >= 4 is 15.9 Å². The second-order valence-electron chi connectivity index (χ2n) is 5.28. The standard InChI is InChI=1S/C15H22N2O4S/c1-3-6-16-22(19,20)13-5-4-12(2)14(11-13)15(18)17-7-9-21-10-8-17/h4-5,11,16H,3,6-10H2,1-2H3. The van der Waals surface area contributed by atoms with Gasteiger partial charge in [-0.2, -0.15) is 0 Å². The molecule has 1 aliphatic heterocycles. The van der Waals surface area contributed by atoms with Crippen molar-refractivity contribution in [3.63, 3.8) is 0 Å². The minimum atomic E-state index is -3.57. The SMILES string of the molecule is CCCNS(=O)(=O)c1ccc(C)c(C(=O)N2CCOCC2)c1. The molecule has 1 amide bonds. The van der Waals surface area contributed by atoms with Crippen molar-refractivity contribution in [1.82, 2.24) is 9.62 Å². The zero-order chi connectivity index (χ0) is 16.2. The number of hydrogen-bond acceptors (Lipinski definition) is 4. The molecule has 0 aliphatic carbocycles. The Morgan fingerprint density at radius 1 is 1.32 bits per heavy atom. The number of nitrogens with zero attached hydrogens (tertiary/aromatic N) is 1. The maximum atomic E-state index is 12.6. The van der Waals surface area contributed by atoms with Gasteiger partial charge in [-0.25, -0.2) is 13.1 Å². The molecule has 2 rings (SSSR count). The fraction of sp³-hybridized carbons (Fsp3) is 0.533. The second-order valence-corrected chi connectivity index (χ2v) is 7.05. The monoisotopic (exact) mass is 326 g/mol. The average Bonchev–Trinajstić information content (AvgIpc) is 2.53. The van der Waals surface area contributed by atoms with E-state index < -0.39 is 10.0 Å². The first-order valence-electron chi connectivity index (χ1n) is 7.43. The van der Waals surface area contributed by atoms with Gasteiger partial charge in [0, 0.05) is 25.2 Å². The molecule has 1 saturated heterocycles. The fourth-order valence-electron chi connectivity index (χ4n) is 2.26. The molecule has 0 aromatic heterocycles. The first-order valence-corrected chi connectivity index (χ1v) is 8.91. The van der Waals surface area contributed by atoms with Crippen LogP contribution in [0.1, 0.15) is 29.3 Å². The first-order chi connectivity index (χ1) is 10.5. The molecule has 0 unspecified atom stereocenters. The van der Waals surface area contributed by atoms with Gasteiger partial charge in [-0.1, -0.05) is 13.0 Å². The number of rotatable bonds is 5. The topological polar surface area (TPSA) is 75.7 Å². The lowest BCUT2D eigenvalue weighted by Gasteiger charge is -2.27. The van der Waals surface area contributed by atoms with E-state index in [1.54, 1.807) is 11.0 Å². The van der Waals surface area contributed by atoms with Gasteiger partial charge in [-0.05, 0) is 31.0 Å². The minimum Gasteiger partial charge on any atom is -0.378 e. The van der Waals surface area contributed by atoms with Crippen molar-refractivity contribution in [1.29, 1.82) is 0 Å². The van der Waals surface area contributed by atoms with Crippen molar-refractivity contribution in [3.05, 3.63) is 29.3 Å². The molecule has 1 aromatic rings. The van der Waals surface area contributed by atoms with Crippen LogP contribution in [0.4, 0.5) is 0 Å². The van der Waals surface area contributed by atoms with Gasteiger partial charge >= 0.3 is 0 Å². The summed E-state index contributed by atoms with van der Waals surface area (Å²) in [5.41, 5.74) is 1.20. The minimum absolute atomic E-state index is 0.128. The summed E-state index contributed by atoms with van der Waals surface area (Å²) in [6, 6.07) is 4.67. The zero-order valence-corrected chi connectivity index (χ0v) is 13.8. The van der Waals surface area contributed by atoms with Gasteiger partial charge in [0.2, 0.25) is 10.0 Å². The number of morpholine rings is 1. The predicted molar refractivity (Wildman–Crippen MR) is 83.4 cm³/mol. The summed E-state index contributed by atoms with van der Waals surface area (Å²) in [7, 11) is -3.57. The van der Waals surface area contributed by atoms with Crippen LogP contribution in [-0.4, -0.2) is 52.1 Å². The number of nitrogens with one attached hydrogen (secondary N) is 1. The highest BCUT2D eigenvalue weighted by molar-refractivity contribution is 7.89. The predicted octanol–water partition coefficient (Wildman–Crippen LogP) is 1.16. The Morgan fingerprint density at radius 2 is 2.00 bits per heavy atom.